The first-order valence-corrected chi connectivity index (χ1v) is 12.3. The molecule has 0 aromatic heterocycles. The van der Waals surface area contributed by atoms with Crippen molar-refractivity contribution in [2.75, 3.05) is 31.2 Å². The van der Waals surface area contributed by atoms with Gasteiger partial charge >= 0.3 is 5.92 Å². The summed E-state index contributed by atoms with van der Waals surface area (Å²) in [6.45, 7) is 2.44. The van der Waals surface area contributed by atoms with E-state index in [4.69, 9.17) is 4.74 Å². The third-order valence-electron chi connectivity index (χ3n) is 7.16. The number of anilines is 1. The molecule has 3 aliphatic heterocycles. The third kappa shape index (κ3) is 4.98. The molecule has 194 valence electrons. The predicted molar refractivity (Wildman–Crippen MR) is 129 cm³/mol. The molecule has 2 fully saturated rings. The number of ether oxygens (including phenoxy) is 1. The van der Waals surface area contributed by atoms with E-state index < -0.39 is 23.7 Å². The van der Waals surface area contributed by atoms with Crippen molar-refractivity contribution in [2.24, 2.45) is 0 Å². The van der Waals surface area contributed by atoms with Gasteiger partial charge in [0.1, 0.15) is 6.04 Å². The van der Waals surface area contributed by atoms with Gasteiger partial charge in [0, 0.05) is 49.3 Å². The van der Waals surface area contributed by atoms with Crippen molar-refractivity contribution in [2.45, 2.75) is 44.2 Å². The van der Waals surface area contributed by atoms with Crippen LogP contribution in [0.25, 0.3) is 0 Å². The Morgan fingerprint density at radius 3 is 2.62 bits per heavy atom. The molecule has 5 rings (SSSR count). The number of halogens is 2. The molecular weight excluding hydrogens is 484 g/mol. The summed E-state index contributed by atoms with van der Waals surface area (Å²) in [5.41, 5.74) is 2.07. The highest BCUT2D eigenvalue weighted by atomic mass is 19.3. The van der Waals surface area contributed by atoms with Crippen LogP contribution in [-0.2, 0) is 38.0 Å². The Morgan fingerprint density at radius 2 is 1.86 bits per heavy atom. The molecule has 3 heterocycles. The minimum absolute atomic E-state index is 0.0947. The quantitative estimate of drug-likeness (QED) is 0.575. The summed E-state index contributed by atoms with van der Waals surface area (Å²) in [5.74, 6) is -5.96. The molecule has 0 spiro atoms. The van der Waals surface area contributed by atoms with Crippen molar-refractivity contribution in [3.63, 3.8) is 0 Å². The Kier molecular flexibility index (Phi) is 6.76. The van der Waals surface area contributed by atoms with Crippen molar-refractivity contribution in [3.8, 4) is 0 Å². The molecule has 1 atom stereocenters. The standard InChI is InChI=1S/C27H27F2N3O5/c28-27(29,19-2-1-3-20(15-19)31-10-12-37-13-11-31)23(33)8-5-17-4-6-21-18(14-17)16-32(26(21)36)22-7-9-24(34)30-25(22)35/h1-4,6,14-15,22H,5,7-13,16H2,(H,30,34,35). The maximum atomic E-state index is 15.1. The number of carbonyl (C=O) groups is 4. The fourth-order valence-electron chi connectivity index (χ4n) is 5.08. The highest BCUT2D eigenvalue weighted by molar-refractivity contribution is 6.05. The normalized spacial score (nSPS) is 20.2. The summed E-state index contributed by atoms with van der Waals surface area (Å²) in [4.78, 5) is 52.5. The zero-order valence-electron chi connectivity index (χ0n) is 20.2. The number of rotatable bonds is 7. The topological polar surface area (TPSA) is 96.0 Å². The van der Waals surface area contributed by atoms with Crippen LogP contribution >= 0.6 is 0 Å². The number of alkyl halides is 2. The SMILES string of the molecule is O=C1CCC(N2Cc3cc(CCC(=O)C(F)(F)c4cccc(N5CCOCC5)c4)ccc3C2=O)C(=O)N1. The van der Waals surface area contributed by atoms with Crippen LogP contribution in [0.15, 0.2) is 42.5 Å². The second-order valence-corrected chi connectivity index (χ2v) is 9.54. The average molecular weight is 512 g/mol. The molecule has 1 N–H and O–H groups in total. The number of Topliss-reactive ketones (excluding diaryl/α,β-unsaturated/α-hetero) is 1. The molecule has 2 saturated heterocycles. The number of imide groups is 1. The first-order valence-electron chi connectivity index (χ1n) is 12.3. The summed E-state index contributed by atoms with van der Waals surface area (Å²) in [6, 6.07) is 10.2. The average Bonchev–Trinajstić information content (AvgIpc) is 3.23. The van der Waals surface area contributed by atoms with Crippen molar-refractivity contribution in [1.82, 2.24) is 10.2 Å². The highest BCUT2D eigenvalue weighted by Gasteiger charge is 2.41. The van der Waals surface area contributed by atoms with Gasteiger partial charge in [-0.05, 0) is 42.2 Å². The molecule has 2 aromatic rings. The monoisotopic (exact) mass is 511 g/mol. The van der Waals surface area contributed by atoms with Gasteiger partial charge in [-0.2, -0.15) is 8.78 Å². The Hall–Kier alpha value is -3.66. The van der Waals surface area contributed by atoms with Gasteiger partial charge in [0.2, 0.25) is 17.6 Å². The molecule has 2 aromatic carbocycles. The summed E-state index contributed by atoms with van der Waals surface area (Å²) < 4.78 is 35.5. The molecule has 3 amide bonds. The van der Waals surface area contributed by atoms with Gasteiger partial charge in [-0.1, -0.05) is 24.3 Å². The van der Waals surface area contributed by atoms with E-state index in [0.717, 1.165) is 0 Å². The number of fused-ring (bicyclic) bond motifs is 1. The molecule has 37 heavy (non-hydrogen) atoms. The number of carbonyl (C=O) groups excluding carboxylic acids is 4. The molecular formula is C27H27F2N3O5. The number of ketones is 1. The Bertz CT molecular complexity index is 1260. The van der Waals surface area contributed by atoms with Crippen LogP contribution in [0.3, 0.4) is 0 Å². The fourth-order valence-corrected chi connectivity index (χ4v) is 5.08. The van der Waals surface area contributed by atoms with Crippen LogP contribution < -0.4 is 10.2 Å². The van der Waals surface area contributed by atoms with Crippen LogP contribution in [0.5, 0.6) is 0 Å². The summed E-state index contributed by atoms with van der Waals surface area (Å²) in [5, 5.41) is 2.26. The predicted octanol–water partition coefficient (Wildman–Crippen LogP) is 2.58. The summed E-state index contributed by atoms with van der Waals surface area (Å²) in [6.07, 6.45) is 0.150. The second-order valence-electron chi connectivity index (χ2n) is 9.54. The number of piperidine rings is 1. The Balaban J connectivity index is 1.24. The lowest BCUT2D eigenvalue weighted by atomic mass is 9.97. The van der Waals surface area contributed by atoms with E-state index in [-0.39, 0.29) is 49.6 Å². The first kappa shape index (κ1) is 25.0. The van der Waals surface area contributed by atoms with E-state index >= 15 is 8.78 Å². The molecule has 3 aliphatic rings. The van der Waals surface area contributed by atoms with E-state index in [0.29, 0.717) is 48.7 Å². The summed E-state index contributed by atoms with van der Waals surface area (Å²) in [7, 11) is 0. The first-order chi connectivity index (χ1) is 17.7. The maximum absolute atomic E-state index is 15.1. The number of aryl methyl sites for hydroxylation is 1. The number of hydrogen-bond donors (Lipinski definition) is 1. The van der Waals surface area contributed by atoms with E-state index in [9.17, 15) is 19.2 Å². The van der Waals surface area contributed by atoms with Crippen LogP contribution in [-0.4, -0.2) is 60.7 Å². The Morgan fingerprint density at radius 1 is 1.08 bits per heavy atom. The lowest BCUT2D eigenvalue weighted by Crippen LogP contribution is -2.52. The number of nitrogens with one attached hydrogen (secondary N) is 1. The number of benzene rings is 2. The van der Waals surface area contributed by atoms with Crippen LogP contribution in [0.2, 0.25) is 0 Å². The van der Waals surface area contributed by atoms with Crippen molar-refractivity contribution >= 4 is 29.2 Å². The number of amides is 3. The van der Waals surface area contributed by atoms with Gasteiger partial charge < -0.3 is 14.5 Å². The molecule has 0 radical (unpaired) electrons. The van der Waals surface area contributed by atoms with Gasteiger partial charge in [0.25, 0.3) is 5.91 Å². The zero-order chi connectivity index (χ0) is 26.2. The fraction of sp³-hybridized carbons (Fsp3) is 0.407. The molecule has 0 bridgehead atoms. The van der Waals surface area contributed by atoms with Crippen molar-refractivity contribution in [1.29, 1.82) is 0 Å². The smallest absolute Gasteiger partial charge is 0.330 e. The van der Waals surface area contributed by atoms with Gasteiger partial charge in [-0.25, -0.2) is 0 Å². The van der Waals surface area contributed by atoms with Gasteiger partial charge in [-0.3, -0.25) is 24.5 Å². The highest BCUT2D eigenvalue weighted by Crippen LogP contribution is 2.34. The van der Waals surface area contributed by atoms with Gasteiger partial charge in [0.05, 0.1) is 13.2 Å². The lowest BCUT2D eigenvalue weighted by molar-refractivity contribution is -0.144. The molecule has 8 nitrogen and oxygen atoms in total. The minimum atomic E-state index is -3.63. The minimum Gasteiger partial charge on any atom is -0.378 e. The van der Waals surface area contributed by atoms with Crippen molar-refractivity contribution < 1.29 is 32.7 Å². The molecule has 1 unspecified atom stereocenters. The summed E-state index contributed by atoms with van der Waals surface area (Å²) >= 11 is 0. The van der Waals surface area contributed by atoms with E-state index in [1.54, 1.807) is 24.3 Å². The van der Waals surface area contributed by atoms with E-state index in [1.807, 2.05) is 4.90 Å². The van der Waals surface area contributed by atoms with E-state index in [2.05, 4.69) is 5.32 Å². The lowest BCUT2D eigenvalue weighted by Gasteiger charge is -2.29. The largest absolute Gasteiger partial charge is 0.378 e. The molecule has 0 aliphatic carbocycles. The number of morpholine rings is 1. The second kappa shape index (κ2) is 10.0. The van der Waals surface area contributed by atoms with Crippen molar-refractivity contribution in [3.05, 3.63) is 64.7 Å². The zero-order valence-corrected chi connectivity index (χ0v) is 20.2. The molecule has 0 saturated carbocycles. The van der Waals surface area contributed by atoms with Crippen LogP contribution in [0.4, 0.5) is 14.5 Å². The number of hydrogen-bond acceptors (Lipinski definition) is 6. The third-order valence-corrected chi connectivity index (χ3v) is 7.16. The van der Waals surface area contributed by atoms with Crippen LogP contribution in [0.1, 0.15) is 46.3 Å². The van der Waals surface area contributed by atoms with Gasteiger partial charge in [-0.15, -0.1) is 0 Å². The molecule has 10 heteroatoms. The Labute approximate surface area is 212 Å². The van der Waals surface area contributed by atoms with E-state index in [1.165, 1.54) is 23.1 Å². The van der Waals surface area contributed by atoms with Crippen LogP contribution in [0, 0.1) is 0 Å². The van der Waals surface area contributed by atoms with Gasteiger partial charge in [0.15, 0.2) is 0 Å². The number of nitrogens with zero attached hydrogens (tertiary/aromatic N) is 2. The maximum Gasteiger partial charge on any atom is 0.330 e.